The van der Waals surface area contributed by atoms with Crippen LogP contribution in [0.25, 0.3) is 0 Å². The molecule has 1 aliphatic rings. The van der Waals surface area contributed by atoms with E-state index in [9.17, 15) is 8.42 Å². The molecular weight excluding hydrogens is 268 g/mol. The van der Waals surface area contributed by atoms with Gasteiger partial charge in [-0.15, -0.1) is 0 Å². The minimum Gasteiger partial charge on any atom is -0.396 e. The highest BCUT2D eigenvalue weighted by molar-refractivity contribution is 7.87. The summed E-state index contributed by atoms with van der Waals surface area (Å²) in [6.45, 7) is 5.37. The van der Waals surface area contributed by atoms with Gasteiger partial charge in [-0.05, 0) is 24.7 Å². The molecule has 7 heteroatoms. The van der Waals surface area contributed by atoms with E-state index >= 15 is 0 Å². The van der Waals surface area contributed by atoms with Crippen molar-refractivity contribution >= 4 is 10.2 Å². The van der Waals surface area contributed by atoms with E-state index in [1.807, 2.05) is 13.8 Å². The number of aliphatic hydroxyl groups is 1. The van der Waals surface area contributed by atoms with Crippen LogP contribution in [-0.4, -0.2) is 57.3 Å². The minimum atomic E-state index is -3.46. The maximum Gasteiger partial charge on any atom is 0.279 e. The van der Waals surface area contributed by atoms with Crippen LogP contribution in [0.4, 0.5) is 0 Å². The van der Waals surface area contributed by atoms with Gasteiger partial charge in [0.25, 0.3) is 10.2 Å². The maximum absolute atomic E-state index is 12.3. The smallest absolute Gasteiger partial charge is 0.279 e. The number of rotatable bonds is 7. The Balaban J connectivity index is 2.60. The lowest BCUT2D eigenvalue weighted by atomic mass is 10.00. The second kappa shape index (κ2) is 7.54. The third kappa shape index (κ3) is 5.00. The van der Waals surface area contributed by atoms with Crippen molar-refractivity contribution in [3.05, 3.63) is 0 Å². The number of nitrogens with zero attached hydrogens (tertiary/aromatic N) is 1. The average molecular weight is 294 g/mol. The quantitative estimate of drug-likeness (QED) is 0.703. The molecule has 0 aromatic rings. The van der Waals surface area contributed by atoms with Gasteiger partial charge in [0.1, 0.15) is 0 Å². The Morgan fingerprint density at radius 2 is 1.95 bits per heavy atom. The van der Waals surface area contributed by atoms with E-state index in [1.165, 1.54) is 4.31 Å². The number of hydrogen-bond donors (Lipinski definition) is 2. The Morgan fingerprint density at radius 1 is 1.37 bits per heavy atom. The molecule has 1 heterocycles. The second-order valence-corrected chi connectivity index (χ2v) is 7.16. The predicted molar refractivity (Wildman–Crippen MR) is 73.9 cm³/mol. The van der Waals surface area contributed by atoms with E-state index in [4.69, 9.17) is 9.84 Å². The molecule has 2 N–H and O–H groups in total. The van der Waals surface area contributed by atoms with Crippen LogP contribution in [0.2, 0.25) is 0 Å². The van der Waals surface area contributed by atoms with Gasteiger partial charge in [0, 0.05) is 32.8 Å². The van der Waals surface area contributed by atoms with Gasteiger partial charge in [-0.1, -0.05) is 13.8 Å². The van der Waals surface area contributed by atoms with Crippen molar-refractivity contribution in [3.63, 3.8) is 0 Å². The summed E-state index contributed by atoms with van der Waals surface area (Å²) in [7, 11) is -1.89. The highest BCUT2D eigenvalue weighted by Crippen LogP contribution is 2.19. The van der Waals surface area contributed by atoms with Crippen LogP contribution in [0.15, 0.2) is 0 Å². The van der Waals surface area contributed by atoms with Crippen LogP contribution in [-0.2, 0) is 14.9 Å². The van der Waals surface area contributed by atoms with Gasteiger partial charge >= 0.3 is 0 Å². The molecule has 0 bridgehead atoms. The van der Waals surface area contributed by atoms with Crippen LogP contribution in [0.5, 0.6) is 0 Å². The monoisotopic (exact) mass is 294 g/mol. The summed E-state index contributed by atoms with van der Waals surface area (Å²) in [6, 6.07) is -0.217. The average Bonchev–Trinajstić information content (AvgIpc) is 2.38. The van der Waals surface area contributed by atoms with Crippen LogP contribution < -0.4 is 4.72 Å². The molecule has 0 radical (unpaired) electrons. The summed E-state index contributed by atoms with van der Waals surface area (Å²) in [5.74, 6) is 0.399. The van der Waals surface area contributed by atoms with Crippen LogP contribution >= 0.6 is 0 Å². The summed E-state index contributed by atoms with van der Waals surface area (Å²) in [4.78, 5) is 0. The number of aliphatic hydroxyl groups excluding tert-OH is 1. The molecule has 6 nitrogen and oxygen atoms in total. The summed E-state index contributed by atoms with van der Waals surface area (Å²) in [6.07, 6.45) is 1.43. The molecule has 19 heavy (non-hydrogen) atoms. The molecule has 1 unspecified atom stereocenters. The first-order valence-electron chi connectivity index (χ1n) is 6.78. The van der Waals surface area contributed by atoms with Crippen molar-refractivity contribution in [2.75, 3.05) is 33.4 Å². The molecule has 0 amide bonds. The third-order valence-electron chi connectivity index (χ3n) is 3.62. The fourth-order valence-corrected chi connectivity index (χ4v) is 3.70. The largest absolute Gasteiger partial charge is 0.396 e. The first-order valence-corrected chi connectivity index (χ1v) is 8.22. The topological polar surface area (TPSA) is 78.9 Å². The molecule has 1 rings (SSSR count). The maximum atomic E-state index is 12.3. The fraction of sp³-hybridized carbons (Fsp3) is 1.00. The van der Waals surface area contributed by atoms with E-state index in [2.05, 4.69) is 4.72 Å². The van der Waals surface area contributed by atoms with Crippen molar-refractivity contribution < 1.29 is 18.3 Å². The van der Waals surface area contributed by atoms with Gasteiger partial charge in [0.05, 0.1) is 6.61 Å². The summed E-state index contributed by atoms with van der Waals surface area (Å²) >= 11 is 0. The zero-order chi connectivity index (χ0) is 14.5. The van der Waals surface area contributed by atoms with Crippen molar-refractivity contribution in [1.29, 1.82) is 0 Å². The number of nitrogens with one attached hydrogen (secondary N) is 1. The first-order chi connectivity index (χ1) is 8.90. The van der Waals surface area contributed by atoms with Gasteiger partial charge in [-0.25, -0.2) is 0 Å². The number of methoxy groups -OCH3 is 1. The summed E-state index contributed by atoms with van der Waals surface area (Å²) < 4.78 is 33.8. The minimum absolute atomic E-state index is 0.139. The molecule has 1 saturated heterocycles. The van der Waals surface area contributed by atoms with E-state index in [0.29, 0.717) is 32.5 Å². The molecule has 0 aliphatic carbocycles. The first kappa shape index (κ1) is 16.8. The zero-order valence-electron chi connectivity index (χ0n) is 12.0. The molecular formula is C12H26N2O4S. The normalized spacial score (nSPS) is 20.9. The standard InChI is InChI=1S/C12H26N2O4S/c1-10(2)12(9-18-3)13-19(16,17)14-6-4-11(8-15)5-7-14/h10-13,15H,4-9H2,1-3H3. The Morgan fingerprint density at radius 3 is 2.37 bits per heavy atom. The Bertz CT molecular complexity index is 351. The van der Waals surface area contributed by atoms with Crippen LogP contribution in [0.1, 0.15) is 26.7 Å². The van der Waals surface area contributed by atoms with Crippen molar-refractivity contribution in [1.82, 2.24) is 9.03 Å². The van der Waals surface area contributed by atoms with Gasteiger partial charge < -0.3 is 9.84 Å². The Labute approximate surface area is 116 Å². The summed E-state index contributed by atoms with van der Waals surface area (Å²) in [5.41, 5.74) is 0. The molecule has 1 aliphatic heterocycles. The third-order valence-corrected chi connectivity index (χ3v) is 5.27. The lowest BCUT2D eigenvalue weighted by Gasteiger charge is -2.32. The van der Waals surface area contributed by atoms with Crippen molar-refractivity contribution in [2.45, 2.75) is 32.7 Å². The number of piperidine rings is 1. The predicted octanol–water partition coefficient (Wildman–Crippen LogP) is 0.196. The summed E-state index contributed by atoms with van der Waals surface area (Å²) in [5, 5.41) is 9.07. The van der Waals surface area contributed by atoms with E-state index in [-0.39, 0.29) is 24.5 Å². The van der Waals surface area contributed by atoms with Crippen molar-refractivity contribution in [2.24, 2.45) is 11.8 Å². The molecule has 0 spiro atoms. The molecule has 1 atom stereocenters. The number of hydrogen-bond acceptors (Lipinski definition) is 4. The van der Waals surface area contributed by atoms with Crippen LogP contribution in [0, 0.1) is 11.8 Å². The highest BCUT2D eigenvalue weighted by Gasteiger charge is 2.30. The lowest BCUT2D eigenvalue weighted by molar-refractivity contribution is 0.152. The molecule has 114 valence electrons. The molecule has 0 saturated carbocycles. The number of ether oxygens (including phenoxy) is 1. The van der Waals surface area contributed by atoms with Gasteiger partial charge in [0.2, 0.25) is 0 Å². The van der Waals surface area contributed by atoms with E-state index < -0.39 is 10.2 Å². The molecule has 0 aromatic carbocycles. The SMILES string of the molecule is COCC(NS(=O)(=O)N1CCC(CO)CC1)C(C)C. The van der Waals surface area contributed by atoms with E-state index in [0.717, 1.165) is 0 Å². The Hall–Kier alpha value is -0.210. The fourth-order valence-electron chi connectivity index (χ4n) is 2.14. The molecule has 0 aromatic heterocycles. The highest BCUT2D eigenvalue weighted by atomic mass is 32.2. The van der Waals surface area contributed by atoms with Gasteiger partial charge in [0.15, 0.2) is 0 Å². The Kier molecular flexibility index (Phi) is 6.68. The van der Waals surface area contributed by atoms with Gasteiger partial charge in [-0.2, -0.15) is 17.4 Å². The van der Waals surface area contributed by atoms with Gasteiger partial charge in [-0.3, -0.25) is 0 Å². The zero-order valence-corrected chi connectivity index (χ0v) is 12.8. The lowest BCUT2D eigenvalue weighted by Crippen LogP contribution is -2.51. The van der Waals surface area contributed by atoms with Crippen molar-refractivity contribution in [3.8, 4) is 0 Å². The second-order valence-electron chi connectivity index (χ2n) is 5.45. The van der Waals surface area contributed by atoms with Crippen LogP contribution in [0.3, 0.4) is 0 Å². The van der Waals surface area contributed by atoms with E-state index in [1.54, 1.807) is 7.11 Å². The molecule has 1 fully saturated rings.